The molecule has 0 saturated heterocycles. The van der Waals surface area contributed by atoms with Crippen molar-refractivity contribution in [2.75, 3.05) is 20.8 Å². The molecular weight excluding hydrogens is 412 g/mol. The van der Waals surface area contributed by atoms with Crippen molar-refractivity contribution < 1.29 is 19.1 Å². The van der Waals surface area contributed by atoms with Gasteiger partial charge in [0.25, 0.3) is 0 Å². The maximum Gasteiger partial charge on any atom is 0.161 e. The van der Waals surface area contributed by atoms with Gasteiger partial charge in [0.05, 0.1) is 12.7 Å². The molecule has 33 heavy (non-hydrogen) atoms. The normalized spacial score (nSPS) is 35.6. The minimum Gasteiger partial charge on any atom is -0.384 e. The first-order chi connectivity index (χ1) is 15.9. The summed E-state index contributed by atoms with van der Waals surface area (Å²) in [7, 11) is 3.55. The van der Waals surface area contributed by atoms with Gasteiger partial charge in [-0.25, -0.2) is 0 Å². The molecule has 0 spiro atoms. The van der Waals surface area contributed by atoms with Gasteiger partial charge in [-0.05, 0) is 85.5 Å². The van der Waals surface area contributed by atoms with Crippen molar-refractivity contribution in [1.82, 2.24) is 0 Å². The Morgan fingerprint density at radius 2 is 1.88 bits per heavy atom. The van der Waals surface area contributed by atoms with E-state index in [1.54, 1.807) is 19.6 Å². The van der Waals surface area contributed by atoms with Crippen LogP contribution in [0.5, 0.6) is 0 Å². The van der Waals surface area contributed by atoms with Crippen LogP contribution in [0.15, 0.2) is 47.1 Å². The minimum absolute atomic E-state index is 0.0793. The maximum absolute atomic E-state index is 12.7. The summed E-state index contributed by atoms with van der Waals surface area (Å²) in [4.78, 5) is 24.6. The second-order valence-corrected chi connectivity index (χ2v) is 10.9. The van der Waals surface area contributed by atoms with E-state index in [-0.39, 0.29) is 22.9 Å². The largest absolute Gasteiger partial charge is 0.384 e. The number of methoxy groups -OCH3 is 2. The first kappa shape index (κ1) is 22.7. The zero-order chi connectivity index (χ0) is 23.3. The lowest BCUT2D eigenvalue weighted by Gasteiger charge is -2.52. The fourth-order valence-corrected chi connectivity index (χ4v) is 7.66. The van der Waals surface area contributed by atoms with Crippen molar-refractivity contribution in [1.29, 1.82) is 0 Å². The zero-order valence-electron chi connectivity index (χ0n) is 20.4. The second kappa shape index (κ2) is 8.63. The lowest BCUT2D eigenvalue weighted by atomic mass is 9.53. The summed E-state index contributed by atoms with van der Waals surface area (Å²) in [5.74, 6) is 1.69. The van der Waals surface area contributed by atoms with Crippen LogP contribution in [0.3, 0.4) is 0 Å². The van der Waals surface area contributed by atoms with E-state index in [0.29, 0.717) is 30.5 Å². The van der Waals surface area contributed by atoms with Crippen LogP contribution in [0.4, 0.5) is 0 Å². The number of ketones is 2. The van der Waals surface area contributed by atoms with Crippen molar-refractivity contribution in [3.63, 3.8) is 0 Å². The number of ether oxygens (including phenoxy) is 2. The Morgan fingerprint density at radius 1 is 1.12 bits per heavy atom. The van der Waals surface area contributed by atoms with Gasteiger partial charge in [0.2, 0.25) is 0 Å². The molecular formula is C29H36O4. The van der Waals surface area contributed by atoms with Crippen molar-refractivity contribution in [2.45, 2.75) is 64.4 Å². The van der Waals surface area contributed by atoms with E-state index >= 15 is 0 Å². The van der Waals surface area contributed by atoms with Gasteiger partial charge in [-0.15, -0.1) is 0 Å². The highest BCUT2D eigenvalue weighted by molar-refractivity contribution is 5.95. The van der Waals surface area contributed by atoms with Gasteiger partial charge in [0, 0.05) is 31.6 Å². The molecule has 0 aliphatic heterocycles. The molecule has 4 heteroatoms. The van der Waals surface area contributed by atoms with E-state index in [0.717, 1.165) is 37.7 Å². The summed E-state index contributed by atoms with van der Waals surface area (Å²) in [5.41, 5.74) is 6.44. The van der Waals surface area contributed by atoms with Crippen molar-refractivity contribution in [3.8, 4) is 0 Å². The summed E-state index contributed by atoms with van der Waals surface area (Å²) < 4.78 is 11.4. The van der Waals surface area contributed by atoms with Crippen LogP contribution in [-0.2, 0) is 14.3 Å². The molecule has 4 nitrogen and oxygen atoms in total. The number of carbonyl (C=O) groups excluding carboxylic acids is 2. The molecule has 1 aromatic carbocycles. The van der Waals surface area contributed by atoms with E-state index < -0.39 is 0 Å². The minimum atomic E-state index is -0.0793. The molecule has 176 valence electrons. The van der Waals surface area contributed by atoms with Crippen LogP contribution >= 0.6 is 0 Å². The Morgan fingerprint density at radius 3 is 2.55 bits per heavy atom. The Bertz CT molecular complexity index is 1020. The lowest BCUT2D eigenvalue weighted by molar-refractivity contribution is -0.120. The number of carbonyl (C=O) groups is 2. The summed E-state index contributed by atoms with van der Waals surface area (Å²) in [6.45, 7) is 4.55. The number of Topliss-reactive ketones (excluding diaryl/α,β-unsaturated/α-hetero) is 1. The SMILES string of the molecule is COCC1CC2=C3[C@@H](CCC2=CC1=O)[C@@H]1CCC(OC)[C@@]1(C)C[C@@H]3c1ccc(C(C)=O)cc1. The molecule has 2 unspecified atom stereocenters. The van der Waals surface area contributed by atoms with E-state index in [4.69, 9.17) is 9.47 Å². The highest BCUT2D eigenvalue weighted by Gasteiger charge is 2.57. The number of allylic oxidation sites excluding steroid dienone is 4. The highest BCUT2D eigenvalue weighted by atomic mass is 16.5. The Kier molecular flexibility index (Phi) is 5.95. The maximum atomic E-state index is 12.7. The monoisotopic (exact) mass is 448 g/mol. The predicted octanol–water partition coefficient (Wildman–Crippen LogP) is 5.68. The quantitative estimate of drug-likeness (QED) is 0.544. The van der Waals surface area contributed by atoms with Gasteiger partial charge in [-0.3, -0.25) is 9.59 Å². The Balaban J connectivity index is 1.64. The fourth-order valence-electron chi connectivity index (χ4n) is 7.66. The predicted molar refractivity (Wildman–Crippen MR) is 128 cm³/mol. The second-order valence-electron chi connectivity index (χ2n) is 10.9. The molecule has 0 bridgehead atoms. The lowest BCUT2D eigenvalue weighted by Crippen LogP contribution is -2.45. The first-order valence-electron chi connectivity index (χ1n) is 12.5. The molecule has 2 fully saturated rings. The number of hydrogen-bond acceptors (Lipinski definition) is 4. The summed E-state index contributed by atoms with van der Waals surface area (Å²) >= 11 is 0. The Labute approximate surface area is 197 Å². The molecule has 4 aliphatic rings. The molecule has 0 N–H and O–H groups in total. The summed E-state index contributed by atoms with van der Waals surface area (Å²) in [6, 6.07) is 8.27. The topological polar surface area (TPSA) is 52.6 Å². The highest BCUT2D eigenvalue weighted by Crippen LogP contribution is 2.64. The average molecular weight is 449 g/mol. The van der Waals surface area contributed by atoms with Gasteiger partial charge in [-0.1, -0.05) is 36.8 Å². The summed E-state index contributed by atoms with van der Waals surface area (Å²) in [5, 5.41) is 0. The smallest absolute Gasteiger partial charge is 0.161 e. The van der Waals surface area contributed by atoms with Crippen molar-refractivity contribution >= 4 is 11.6 Å². The molecule has 4 aliphatic carbocycles. The zero-order valence-corrected chi connectivity index (χ0v) is 20.4. The number of fused-ring (bicyclic) bond motifs is 4. The van der Waals surface area contributed by atoms with Crippen LogP contribution in [0.1, 0.15) is 74.2 Å². The van der Waals surface area contributed by atoms with Crippen molar-refractivity contribution in [3.05, 3.63) is 58.2 Å². The molecule has 1 aromatic rings. The molecule has 2 saturated carbocycles. The molecule has 0 radical (unpaired) electrons. The van der Waals surface area contributed by atoms with Crippen LogP contribution in [0.25, 0.3) is 0 Å². The van der Waals surface area contributed by atoms with Crippen LogP contribution in [0, 0.1) is 23.2 Å². The average Bonchev–Trinajstić information content (AvgIpc) is 3.15. The molecule has 0 aromatic heterocycles. The van der Waals surface area contributed by atoms with Crippen molar-refractivity contribution in [2.24, 2.45) is 23.2 Å². The standard InChI is InChI=1S/C29H36O4/c1-17(30)18-5-7-19(8-6-18)24-15-29(2)25(11-12-27(29)33-4)22-10-9-20-14-26(31)21(16-32-3)13-23(20)28(22)24/h5-8,14,21-22,24-25,27H,9-13,15-16H2,1-4H3/t21?,22-,24+,25-,27?,29-/m0/s1. The van der Waals surface area contributed by atoms with Gasteiger partial charge < -0.3 is 9.47 Å². The fraction of sp³-hybridized carbons (Fsp3) is 0.586. The number of benzene rings is 1. The van der Waals surface area contributed by atoms with E-state index in [1.165, 1.54) is 23.1 Å². The summed E-state index contributed by atoms with van der Waals surface area (Å²) in [6.07, 6.45) is 8.51. The van der Waals surface area contributed by atoms with Crippen LogP contribution in [0.2, 0.25) is 0 Å². The number of rotatable bonds is 5. The van der Waals surface area contributed by atoms with E-state index in [9.17, 15) is 9.59 Å². The van der Waals surface area contributed by atoms with E-state index in [2.05, 4.69) is 19.1 Å². The van der Waals surface area contributed by atoms with Gasteiger partial charge >= 0.3 is 0 Å². The van der Waals surface area contributed by atoms with E-state index in [1.807, 2.05) is 25.3 Å². The van der Waals surface area contributed by atoms with Crippen LogP contribution < -0.4 is 0 Å². The number of hydrogen-bond donors (Lipinski definition) is 0. The molecule has 6 atom stereocenters. The first-order valence-corrected chi connectivity index (χ1v) is 12.5. The third-order valence-electron chi connectivity index (χ3n) is 9.23. The van der Waals surface area contributed by atoms with Gasteiger partial charge in [0.15, 0.2) is 11.6 Å². The van der Waals surface area contributed by atoms with Gasteiger partial charge in [0.1, 0.15) is 0 Å². The molecule has 5 rings (SSSR count). The van der Waals surface area contributed by atoms with Gasteiger partial charge in [-0.2, -0.15) is 0 Å². The third kappa shape index (κ3) is 3.66. The molecule has 0 heterocycles. The third-order valence-corrected chi connectivity index (χ3v) is 9.23. The van der Waals surface area contributed by atoms with Crippen LogP contribution in [-0.4, -0.2) is 38.5 Å². The Hall–Kier alpha value is -2.04. The molecule has 0 amide bonds.